The van der Waals surface area contributed by atoms with E-state index < -0.39 is 0 Å². The van der Waals surface area contributed by atoms with Crippen LogP contribution in [0.15, 0.2) is 0 Å². The second kappa shape index (κ2) is 2.62. The van der Waals surface area contributed by atoms with Gasteiger partial charge in [0.05, 0.1) is 0 Å². The van der Waals surface area contributed by atoms with Crippen LogP contribution in [0, 0.1) is 0 Å². The fourth-order valence-corrected chi connectivity index (χ4v) is 0.0527. The van der Waals surface area contributed by atoms with Crippen LogP contribution < -0.4 is 11.3 Å². The molecule has 0 saturated carbocycles. The molecule has 0 rings (SSSR count). The van der Waals surface area contributed by atoms with Gasteiger partial charge in [0.1, 0.15) is 0 Å². The number of carbonyl (C=O) groups is 1. The Balaban J connectivity index is 2.96. The molecule has 0 aliphatic carbocycles. The Morgan fingerprint density at radius 2 is 2.50 bits per heavy atom. The molecule has 0 atom stereocenters. The maximum Gasteiger partial charge on any atom is 0.238 e. The van der Waals surface area contributed by atoms with Crippen LogP contribution in [0.1, 0.15) is 0 Å². The molecule has 4 heteroatoms. The summed E-state index contributed by atoms with van der Waals surface area (Å²) >= 11 is 0. The van der Waals surface area contributed by atoms with Gasteiger partial charge < -0.3 is 0 Å². The van der Waals surface area contributed by atoms with Crippen LogP contribution in [-0.2, 0) is 4.79 Å². The van der Waals surface area contributed by atoms with Gasteiger partial charge in [-0.2, -0.15) is 0 Å². The van der Waals surface area contributed by atoms with E-state index >= 15 is 0 Å². The lowest BCUT2D eigenvalue weighted by Gasteiger charge is -2.03. The van der Waals surface area contributed by atoms with Crippen molar-refractivity contribution in [3.8, 4) is 0 Å². The molecule has 0 aromatic rings. The minimum absolute atomic E-state index is 0.472. The lowest BCUT2D eigenvalue weighted by molar-refractivity contribution is -0.120. The minimum Gasteiger partial charge on any atom is -0.276 e. The van der Waals surface area contributed by atoms with E-state index in [9.17, 15) is 4.79 Å². The van der Waals surface area contributed by atoms with Crippen LogP contribution in [0.25, 0.3) is 0 Å². The van der Waals surface area contributed by atoms with Crippen LogP contribution in [0.3, 0.4) is 0 Å². The smallest absolute Gasteiger partial charge is 0.238 e. The van der Waals surface area contributed by atoms with E-state index in [4.69, 9.17) is 5.84 Å². The lowest BCUT2D eigenvalue weighted by atomic mass is 11.3. The maximum absolute atomic E-state index is 9.47. The highest BCUT2D eigenvalue weighted by Gasteiger charge is 1.77. The van der Waals surface area contributed by atoms with Crippen LogP contribution in [0.2, 0.25) is 0 Å². The normalized spacial score (nSPS) is 7.67. The van der Waals surface area contributed by atoms with Gasteiger partial charge in [-0.1, -0.05) is 0 Å². The van der Waals surface area contributed by atoms with E-state index in [0.717, 1.165) is 5.12 Å². The molecule has 0 aromatic carbocycles. The minimum atomic E-state index is 0.472. The van der Waals surface area contributed by atoms with Crippen LogP contribution >= 0.6 is 0 Å². The number of hydrogen-bond donors (Lipinski definition) is 2. The van der Waals surface area contributed by atoms with Crippen LogP contribution in [-0.4, -0.2) is 18.6 Å². The molecular formula is C2H7N3O. The van der Waals surface area contributed by atoms with Crippen LogP contribution in [0.4, 0.5) is 0 Å². The first-order valence-corrected chi connectivity index (χ1v) is 1.48. The summed E-state index contributed by atoms with van der Waals surface area (Å²) in [6.45, 7) is 0. The Bertz CT molecular complexity index is 46.1. The SMILES string of the molecule is CNN(N)C=O. The second-order valence-electron chi connectivity index (χ2n) is 0.736. The highest BCUT2D eigenvalue weighted by atomic mass is 16.2. The zero-order valence-electron chi connectivity index (χ0n) is 3.51. The zero-order chi connectivity index (χ0) is 4.99. The molecule has 36 valence electrons. The van der Waals surface area contributed by atoms with Gasteiger partial charge in [-0.05, 0) is 0 Å². The summed E-state index contributed by atoms with van der Waals surface area (Å²) in [6.07, 6.45) is 0.472. The average Bonchev–Trinajstić information content (AvgIpc) is 1.65. The third-order valence-corrected chi connectivity index (χ3v) is 0.372. The largest absolute Gasteiger partial charge is 0.276 e. The quantitative estimate of drug-likeness (QED) is 0.186. The first-order chi connectivity index (χ1) is 2.81. The third-order valence-electron chi connectivity index (χ3n) is 0.372. The van der Waals surface area contributed by atoms with E-state index in [-0.39, 0.29) is 0 Å². The highest BCUT2D eigenvalue weighted by Crippen LogP contribution is 1.45. The molecule has 0 saturated heterocycles. The van der Waals surface area contributed by atoms with Crippen molar-refractivity contribution in [2.45, 2.75) is 0 Å². The average molecular weight is 89.1 g/mol. The molecule has 4 nitrogen and oxygen atoms in total. The van der Waals surface area contributed by atoms with E-state index in [0.29, 0.717) is 6.41 Å². The van der Waals surface area contributed by atoms with Gasteiger partial charge >= 0.3 is 0 Å². The number of hydrogen-bond acceptors (Lipinski definition) is 3. The summed E-state index contributed by atoms with van der Waals surface area (Å²) in [5.74, 6) is 4.83. The second-order valence-corrected chi connectivity index (χ2v) is 0.736. The van der Waals surface area contributed by atoms with E-state index in [1.165, 1.54) is 0 Å². The number of hydrazine groups is 2. The summed E-state index contributed by atoms with van der Waals surface area (Å²) in [5, 5.41) is 0.819. The molecule has 0 fully saturated rings. The number of nitrogens with two attached hydrogens (primary N) is 1. The fraction of sp³-hybridized carbons (Fsp3) is 0.500. The van der Waals surface area contributed by atoms with Gasteiger partial charge in [-0.15, -0.1) is 0 Å². The molecule has 3 N–H and O–H groups in total. The number of nitrogens with zero attached hydrogens (tertiary/aromatic N) is 1. The lowest BCUT2D eigenvalue weighted by Crippen LogP contribution is -2.39. The Morgan fingerprint density at radius 3 is 2.50 bits per heavy atom. The van der Waals surface area contributed by atoms with Crippen molar-refractivity contribution in [3.63, 3.8) is 0 Å². The van der Waals surface area contributed by atoms with Gasteiger partial charge in [-0.25, -0.2) is 16.4 Å². The number of rotatable bonds is 2. The summed E-state index contributed by atoms with van der Waals surface area (Å²) in [6, 6.07) is 0. The molecule has 6 heavy (non-hydrogen) atoms. The molecule has 0 aliphatic heterocycles. The Labute approximate surface area is 35.9 Å². The molecule has 0 spiro atoms. The summed E-state index contributed by atoms with van der Waals surface area (Å²) in [5.41, 5.74) is 2.36. The van der Waals surface area contributed by atoms with Crippen molar-refractivity contribution in [3.05, 3.63) is 0 Å². The number of amides is 1. The molecule has 0 aromatic heterocycles. The standard InChI is InChI=1S/C2H7N3O/c1-4-5(3)2-6/h2,4H,3H2,1H3. The van der Waals surface area contributed by atoms with Crippen molar-refractivity contribution in [1.82, 2.24) is 10.5 Å². The first kappa shape index (κ1) is 5.39. The maximum atomic E-state index is 9.47. The predicted octanol–water partition coefficient (Wildman–Crippen LogP) is -1.55. The van der Waals surface area contributed by atoms with Crippen molar-refractivity contribution >= 4 is 6.41 Å². The van der Waals surface area contributed by atoms with Crippen molar-refractivity contribution in [1.29, 1.82) is 0 Å². The molecule has 1 amide bonds. The van der Waals surface area contributed by atoms with Crippen molar-refractivity contribution in [2.75, 3.05) is 7.05 Å². The highest BCUT2D eigenvalue weighted by molar-refractivity contribution is 5.44. The number of nitrogens with one attached hydrogen (secondary N) is 1. The number of carbonyl (C=O) groups excluding carboxylic acids is 1. The fourth-order valence-electron chi connectivity index (χ4n) is 0.0527. The Kier molecular flexibility index (Phi) is 2.35. The third kappa shape index (κ3) is 1.68. The Morgan fingerprint density at radius 1 is 2.00 bits per heavy atom. The molecule has 0 radical (unpaired) electrons. The molecule has 0 unspecified atom stereocenters. The molecule has 0 aliphatic rings. The molecule has 0 heterocycles. The molecular weight excluding hydrogens is 82.0 g/mol. The first-order valence-electron chi connectivity index (χ1n) is 1.48. The molecule has 0 bridgehead atoms. The topological polar surface area (TPSA) is 58.4 Å². The Hall–Kier alpha value is -0.610. The van der Waals surface area contributed by atoms with E-state index in [2.05, 4.69) is 5.43 Å². The zero-order valence-corrected chi connectivity index (χ0v) is 3.51. The van der Waals surface area contributed by atoms with Gasteiger partial charge in [0, 0.05) is 7.05 Å². The summed E-state index contributed by atoms with van der Waals surface area (Å²) < 4.78 is 0. The van der Waals surface area contributed by atoms with Gasteiger partial charge in [0.2, 0.25) is 6.41 Å². The summed E-state index contributed by atoms with van der Waals surface area (Å²) in [7, 11) is 1.55. The predicted molar refractivity (Wildman–Crippen MR) is 21.2 cm³/mol. The van der Waals surface area contributed by atoms with E-state index in [1.807, 2.05) is 0 Å². The monoisotopic (exact) mass is 89.1 g/mol. The summed E-state index contributed by atoms with van der Waals surface area (Å²) in [4.78, 5) is 9.47. The van der Waals surface area contributed by atoms with Crippen molar-refractivity contribution in [2.24, 2.45) is 5.84 Å². The van der Waals surface area contributed by atoms with Gasteiger partial charge in [0.25, 0.3) is 0 Å². The van der Waals surface area contributed by atoms with Crippen LogP contribution in [0.5, 0.6) is 0 Å². The van der Waals surface area contributed by atoms with Crippen molar-refractivity contribution < 1.29 is 4.79 Å². The van der Waals surface area contributed by atoms with Gasteiger partial charge in [0.15, 0.2) is 0 Å². The van der Waals surface area contributed by atoms with Gasteiger partial charge in [-0.3, -0.25) is 4.79 Å². The van der Waals surface area contributed by atoms with E-state index in [1.54, 1.807) is 7.05 Å².